The number of aromatic nitrogens is 2. The van der Waals surface area contributed by atoms with Crippen LogP contribution in [0.2, 0.25) is 0 Å². The zero-order chi connectivity index (χ0) is 24.1. The molecule has 1 aromatic heterocycles. The number of piperidine rings is 1. The Hall–Kier alpha value is -3.67. The van der Waals surface area contributed by atoms with Crippen LogP contribution in [-0.4, -0.2) is 67.5 Å². The first kappa shape index (κ1) is 23.5. The molecule has 1 amide bonds. The number of carbonyl (C=O) groups excluding carboxylic acids is 1. The summed E-state index contributed by atoms with van der Waals surface area (Å²) >= 11 is 0. The van der Waals surface area contributed by atoms with Crippen LogP contribution in [0.3, 0.4) is 0 Å². The maximum atomic E-state index is 14.8. The molecule has 0 unspecified atom stereocenters. The summed E-state index contributed by atoms with van der Waals surface area (Å²) in [5.41, 5.74) is 11.4. The van der Waals surface area contributed by atoms with E-state index in [9.17, 15) is 9.18 Å². The lowest BCUT2D eigenvalue weighted by Crippen LogP contribution is -2.52. The van der Waals surface area contributed by atoms with E-state index in [0.29, 0.717) is 18.8 Å². The molecule has 34 heavy (non-hydrogen) atoms. The number of amides is 1. The number of benzene rings is 1. The maximum absolute atomic E-state index is 14.8. The third-order valence-electron chi connectivity index (χ3n) is 5.80. The monoisotopic (exact) mass is 473 g/mol. The molecule has 0 aliphatic carbocycles. The van der Waals surface area contributed by atoms with Gasteiger partial charge in [0, 0.05) is 51.7 Å². The van der Waals surface area contributed by atoms with Crippen LogP contribution < -0.4 is 26.0 Å². The van der Waals surface area contributed by atoms with Gasteiger partial charge in [0.2, 0.25) is 5.95 Å². The third kappa shape index (κ3) is 5.63. The van der Waals surface area contributed by atoms with Crippen LogP contribution in [-0.2, 0) is 16.1 Å². The Morgan fingerprint density at radius 1 is 1.15 bits per heavy atom. The van der Waals surface area contributed by atoms with Crippen LogP contribution in [0, 0.1) is 5.82 Å². The van der Waals surface area contributed by atoms with Gasteiger partial charge in [0.05, 0.1) is 24.2 Å². The van der Waals surface area contributed by atoms with E-state index in [4.69, 9.17) is 25.7 Å². The molecule has 2 aliphatic rings. The summed E-state index contributed by atoms with van der Waals surface area (Å²) in [7, 11) is 1.71. The Bertz CT molecular complexity index is 1020. The highest BCUT2D eigenvalue weighted by Gasteiger charge is 2.29. The van der Waals surface area contributed by atoms with Crippen LogP contribution in [0.5, 0.6) is 5.75 Å². The lowest BCUT2D eigenvalue weighted by atomic mass is 10.1. The highest BCUT2D eigenvalue weighted by Crippen LogP contribution is 2.27. The number of nitrogens with zero attached hydrogens (tertiary/aromatic N) is 5. The number of halogens is 1. The minimum atomic E-state index is -0.987. The normalized spacial score (nSPS) is 16.6. The number of aliphatic imine (C=N–C) groups is 1. The number of nitrogens with two attached hydrogens (primary N) is 2. The molecule has 0 saturated carbocycles. The summed E-state index contributed by atoms with van der Waals surface area (Å²) in [6.45, 7) is 2.77. The summed E-state index contributed by atoms with van der Waals surface area (Å²) in [6.07, 6.45) is 4.20. The van der Waals surface area contributed by atoms with E-state index in [1.54, 1.807) is 19.2 Å². The molecular weight excluding hydrogens is 445 g/mol. The van der Waals surface area contributed by atoms with Crippen molar-refractivity contribution in [2.75, 3.05) is 43.1 Å². The summed E-state index contributed by atoms with van der Waals surface area (Å²) in [6, 6.07) is 4.70. The summed E-state index contributed by atoms with van der Waals surface area (Å²) in [4.78, 5) is 27.9. The number of anilines is 2. The van der Waals surface area contributed by atoms with Crippen LogP contribution in [0.15, 0.2) is 35.6 Å². The van der Waals surface area contributed by atoms with Crippen LogP contribution in [0.25, 0.3) is 0 Å². The van der Waals surface area contributed by atoms with Gasteiger partial charge in [0.15, 0.2) is 17.5 Å². The van der Waals surface area contributed by atoms with Crippen molar-refractivity contribution in [2.24, 2.45) is 16.5 Å². The second kappa shape index (κ2) is 10.5. The van der Waals surface area contributed by atoms with Gasteiger partial charge in [-0.05, 0) is 6.07 Å². The van der Waals surface area contributed by atoms with E-state index in [1.807, 2.05) is 12.4 Å². The predicted octanol–water partition coefficient (Wildman–Crippen LogP) is 1.41. The first-order valence-corrected chi connectivity index (χ1v) is 11.0. The first-order valence-electron chi connectivity index (χ1n) is 11.0. The second-order valence-electron chi connectivity index (χ2n) is 8.13. The largest absolute Gasteiger partial charge is 0.487 e. The Morgan fingerprint density at radius 3 is 2.50 bits per heavy atom. The van der Waals surface area contributed by atoms with E-state index in [-0.39, 0.29) is 30.1 Å². The first-order chi connectivity index (χ1) is 16.4. The Labute approximate surface area is 196 Å². The van der Waals surface area contributed by atoms with Gasteiger partial charge in [-0.15, -0.1) is 4.99 Å². The summed E-state index contributed by atoms with van der Waals surface area (Å²) < 4.78 is 30.9. The van der Waals surface area contributed by atoms with Crippen molar-refractivity contribution in [2.45, 2.75) is 31.7 Å². The van der Waals surface area contributed by atoms with Crippen LogP contribution in [0.1, 0.15) is 18.4 Å². The molecule has 2 aliphatic heterocycles. The van der Waals surface area contributed by atoms with Crippen molar-refractivity contribution >= 4 is 23.7 Å². The molecule has 0 bridgehead atoms. The molecule has 0 atom stereocenters. The molecule has 2 aromatic rings. The fraction of sp³-hybridized carbons (Fsp3) is 0.455. The van der Waals surface area contributed by atoms with Gasteiger partial charge in [0.1, 0.15) is 12.7 Å². The standard InChI is InChI=1S/C22H28FN7O4/c1-32-17-11-30(12-17)21-26-9-15(10-27-21)29-7-5-16(6-8-29)34-18-4-2-3-14(19(18)23)13-33-22(31)28-20(24)25/h2-4,9-10,16-17H,5-8,11-13H2,1H3,(H4,24,25,28,31). The number of methoxy groups -OCH3 is 1. The van der Waals surface area contributed by atoms with Crippen LogP contribution >= 0.6 is 0 Å². The van der Waals surface area contributed by atoms with E-state index in [2.05, 4.69) is 24.8 Å². The van der Waals surface area contributed by atoms with Gasteiger partial charge in [0.25, 0.3) is 0 Å². The van der Waals surface area contributed by atoms with Crippen molar-refractivity contribution in [3.8, 4) is 5.75 Å². The number of ether oxygens (including phenoxy) is 3. The van der Waals surface area contributed by atoms with Gasteiger partial charge in [-0.2, -0.15) is 0 Å². The Kier molecular flexibility index (Phi) is 7.26. The lowest BCUT2D eigenvalue weighted by molar-refractivity contribution is 0.0778. The number of guanidine groups is 1. The molecule has 182 valence electrons. The van der Waals surface area contributed by atoms with Crippen molar-refractivity contribution < 1.29 is 23.4 Å². The molecule has 4 rings (SSSR count). The fourth-order valence-corrected chi connectivity index (χ4v) is 3.84. The molecule has 12 heteroatoms. The van der Waals surface area contributed by atoms with Gasteiger partial charge >= 0.3 is 6.09 Å². The van der Waals surface area contributed by atoms with Gasteiger partial charge in [-0.1, -0.05) is 12.1 Å². The molecule has 0 radical (unpaired) electrons. The lowest BCUT2D eigenvalue weighted by Gasteiger charge is -2.38. The average Bonchev–Trinajstić information content (AvgIpc) is 2.79. The molecular formula is C22H28FN7O4. The topological polar surface area (TPSA) is 141 Å². The minimum Gasteiger partial charge on any atom is -0.487 e. The van der Waals surface area contributed by atoms with E-state index >= 15 is 0 Å². The molecule has 2 fully saturated rings. The van der Waals surface area contributed by atoms with Crippen LogP contribution in [0.4, 0.5) is 20.8 Å². The van der Waals surface area contributed by atoms with E-state index in [1.165, 1.54) is 6.07 Å². The average molecular weight is 474 g/mol. The van der Waals surface area contributed by atoms with Crippen molar-refractivity contribution in [3.05, 3.63) is 42.0 Å². The number of carbonyl (C=O) groups is 1. The molecule has 0 spiro atoms. The molecule has 3 heterocycles. The van der Waals surface area contributed by atoms with Crippen molar-refractivity contribution in [1.82, 2.24) is 9.97 Å². The second-order valence-corrected chi connectivity index (χ2v) is 8.13. The van der Waals surface area contributed by atoms with Crippen molar-refractivity contribution in [3.63, 3.8) is 0 Å². The van der Waals surface area contributed by atoms with Gasteiger partial charge in [-0.3, -0.25) is 0 Å². The maximum Gasteiger partial charge on any atom is 0.437 e. The summed E-state index contributed by atoms with van der Waals surface area (Å²) in [5.74, 6) is -0.180. The number of hydrogen-bond donors (Lipinski definition) is 2. The molecule has 1 aromatic carbocycles. The smallest absolute Gasteiger partial charge is 0.437 e. The van der Waals surface area contributed by atoms with E-state index < -0.39 is 17.9 Å². The van der Waals surface area contributed by atoms with Gasteiger partial charge in [-0.25, -0.2) is 19.2 Å². The predicted molar refractivity (Wildman–Crippen MR) is 123 cm³/mol. The van der Waals surface area contributed by atoms with E-state index in [0.717, 1.165) is 31.9 Å². The minimum absolute atomic E-state index is 0.116. The third-order valence-corrected chi connectivity index (χ3v) is 5.80. The zero-order valence-corrected chi connectivity index (χ0v) is 18.9. The Balaban J connectivity index is 1.28. The fourth-order valence-electron chi connectivity index (χ4n) is 3.84. The number of rotatable bonds is 7. The van der Waals surface area contributed by atoms with Crippen molar-refractivity contribution in [1.29, 1.82) is 0 Å². The Morgan fingerprint density at radius 2 is 1.85 bits per heavy atom. The number of hydrogen-bond acceptors (Lipinski definition) is 8. The SMILES string of the molecule is COC1CN(c2ncc(N3CCC(Oc4cccc(COC(=O)N=C(N)N)c4F)CC3)cn2)C1. The molecule has 11 nitrogen and oxygen atoms in total. The molecule has 2 saturated heterocycles. The molecule has 4 N–H and O–H groups in total. The highest BCUT2D eigenvalue weighted by molar-refractivity contribution is 5.87. The van der Waals surface area contributed by atoms with Gasteiger partial charge < -0.3 is 35.5 Å². The zero-order valence-electron chi connectivity index (χ0n) is 18.9. The highest BCUT2D eigenvalue weighted by atomic mass is 19.1. The quantitative estimate of drug-likeness (QED) is 0.448. The summed E-state index contributed by atoms with van der Waals surface area (Å²) in [5, 5.41) is 0.